The van der Waals surface area contributed by atoms with Gasteiger partial charge in [-0.2, -0.15) is 0 Å². The minimum absolute atomic E-state index is 0.109. The second-order valence-corrected chi connectivity index (χ2v) is 5.63. The highest BCUT2D eigenvalue weighted by Gasteiger charge is 2.29. The summed E-state index contributed by atoms with van der Waals surface area (Å²) in [6, 6.07) is 2.93. The molecule has 0 radical (unpaired) electrons. The van der Waals surface area contributed by atoms with E-state index < -0.39 is 11.6 Å². The lowest BCUT2D eigenvalue weighted by atomic mass is 9.97. The summed E-state index contributed by atoms with van der Waals surface area (Å²) in [7, 11) is 0. The van der Waals surface area contributed by atoms with Crippen molar-refractivity contribution in [1.29, 1.82) is 0 Å². The Bertz CT molecular complexity index is 572. The fourth-order valence-corrected chi connectivity index (χ4v) is 2.71. The number of ether oxygens (including phenoxy) is 1. The smallest absolute Gasteiger partial charge is 0.309 e. The van der Waals surface area contributed by atoms with Crippen molar-refractivity contribution in [2.75, 3.05) is 31.6 Å². The number of piperidine rings is 1. The van der Waals surface area contributed by atoms with Crippen LogP contribution < -0.4 is 10.2 Å². The first-order chi connectivity index (χ1) is 11.0. The van der Waals surface area contributed by atoms with Gasteiger partial charge in [0.1, 0.15) is 11.6 Å². The maximum absolute atomic E-state index is 13.5. The highest BCUT2D eigenvalue weighted by atomic mass is 19.1. The van der Waals surface area contributed by atoms with E-state index in [1.165, 1.54) is 0 Å². The molecule has 1 aromatic carbocycles. The molecule has 5 nitrogen and oxygen atoms in total. The van der Waals surface area contributed by atoms with Crippen LogP contribution in [0.15, 0.2) is 18.2 Å². The van der Waals surface area contributed by atoms with E-state index >= 15 is 0 Å². The third-order valence-corrected chi connectivity index (χ3v) is 3.93. The second kappa shape index (κ2) is 8.01. The van der Waals surface area contributed by atoms with E-state index in [0.717, 1.165) is 23.1 Å². The molecule has 2 rings (SSSR count). The van der Waals surface area contributed by atoms with Crippen molar-refractivity contribution < 1.29 is 28.0 Å². The fourth-order valence-electron chi connectivity index (χ4n) is 2.71. The van der Waals surface area contributed by atoms with Crippen LogP contribution in [0.3, 0.4) is 0 Å². The van der Waals surface area contributed by atoms with Gasteiger partial charge in [-0.1, -0.05) is 0 Å². The summed E-state index contributed by atoms with van der Waals surface area (Å²) >= 11 is 0. The number of anilines is 1. The molecule has 23 heavy (non-hydrogen) atoms. The molecule has 1 aromatic rings. The topological polar surface area (TPSA) is 59.8 Å². The van der Waals surface area contributed by atoms with E-state index in [4.69, 9.17) is 4.74 Å². The molecule has 1 heterocycles. The first-order valence-electron chi connectivity index (χ1n) is 7.74. The van der Waals surface area contributed by atoms with Gasteiger partial charge in [0.2, 0.25) is 0 Å². The molecule has 1 aliphatic heterocycles. The van der Waals surface area contributed by atoms with Gasteiger partial charge in [-0.25, -0.2) is 8.78 Å². The van der Waals surface area contributed by atoms with Crippen LogP contribution >= 0.6 is 0 Å². The predicted molar refractivity (Wildman–Crippen MR) is 79.9 cm³/mol. The monoisotopic (exact) mass is 327 g/mol. The molecule has 0 atom stereocenters. The van der Waals surface area contributed by atoms with Crippen molar-refractivity contribution in [2.24, 2.45) is 5.92 Å². The molecular weight excluding hydrogens is 306 g/mol. The molecule has 1 aliphatic rings. The Kier molecular flexibility index (Phi) is 6.04. The number of carbonyl (C=O) groups excluding carboxylic acids is 2. The molecule has 1 amide bonds. The van der Waals surface area contributed by atoms with Crippen molar-refractivity contribution >= 4 is 17.6 Å². The molecule has 7 heteroatoms. The highest BCUT2D eigenvalue weighted by Crippen LogP contribution is 2.15. The number of hydrogen-bond acceptors (Lipinski definition) is 3. The Hall–Kier alpha value is -2.02. The van der Waals surface area contributed by atoms with Crippen LogP contribution in [0.2, 0.25) is 0 Å². The van der Waals surface area contributed by atoms with E-state index in [2.05, 4.69) is 5.32 Å². The van der Waals surface area contributed by atoms with Crippen molar-refractivity contribution in [3.8, 4) is 0 Å². The third kappa shape index (κ3) is 4.99. The lowest BCUT2D eigenvalue weighted by molar-refractivity contribution is -0.897. The van der Waals surface area contributed by atoms with E-state index in [1.807, 2.05) is 0 Å². The number of esters is 1. The van der Waals surface area contributed by atoms with Gasteiger partial charge < -0.3 is 15.0 Å². The number of carbonyl (C=O) groups is 2. The Morgan fingerprint density at radius 1 is 1.30 bits per heavy atom. The first kappa shape index (κ1) is 17.3. The van der Waals surface area contributed by atoms with Crippen LogP contribution in [0.5, 0.6) is 0 Å². The Labute approximate surface area is 133 Å². The quantitative estimate of drug-likeness (QED) is 0.785. The summed E-state index contributed by atoms with van der Waals surface area (Å²) in [5.41, 5.74) is -0.157. The number of hydrogen-bond donors (Lipinski definition) is 2. The molecule has 0 saturated carbocycles. The number of rotatable bonds is 5. The summed E-state index contributed by atoms with van der Waals surface area (Å²) in [6.07, 6.45) is 1.32. The Morgan fingerprint density at radius 3 is 2.65 bits per heavy atom. The van der Waals surface area contributed by atoms with Crippen LogP contribution in [-0.2, 0) is 14.3 Å². The standard InChI is InChI=1S/C16H20F2N2O3/c1-2-23-16(22)11-5-7-20(8-6-11)10-15(21)19-14-9-12(17)3-4-13(14)18/h3-4,9,11H,2,5-8,10H2,1H3,(H,19,21)/p+1. The molecule has 0 unspecified atom stereocenters. The van der Waals surface area contributed by atoms with Gasteiger partial charge in [0, 0.05) is 18.9 Å². The number of amides is 1. The maximum Gasteiger partial charge on any atom is 0.309 e. The van der Waals surface area contributed by atoms with E-state index in [9.17, 15) is 18.4 Å². The van der Waals surface area contributed by atoms with Gasteiger partial charge in [0.15, 0.2) is 6.54 Å². The molecule has 126 valence electrons. The van der Waals surface area contributed by atoms with E-state index in [-0.39, 0.29) is 30.0 Å². The average molecular weight is 327 g/mol. The van der Waals surface area contributed by atoms with Gasteiger partial charge in [0.25, 0.3) is 5.91 Å². The molecular formula is C16H21F2N2O3+. The second-order valence-electron chi connectivity index (χ2n) is 5.63. The van der Waals surface area contributed by atoms with Gasteiger partial charge in [-0.05, 0) is 19.1 Å². The molecule has 0 aromatic heterocycles. The van der Waals surface area contributed by atoms with Crippen molar-refractivity contribution in [3.63, 3.8) is 0 Å². The van der Waals surface area contributed by atoms with Gasteiger partial charge in [0.05, 0.1) is 31.3 Å². The minimum Gasteiger partial charge on any atom is -0.466 e. The van der Waals surface area contributed by atoms with Crippen LogP contribution in [0.1, 0.15) is 19.8 Å². The van der Waals surface area contributed by atoms with Crippen molar-refractivity contribution in [1.82, 2.24) is 0 Å². The number of likely N-dealkylation sites (tertiary alicyclic amines) is 1. The predicted octanol–water partition coefficient (Wildman–Crippen LogP) is 0.761. The van der Waals surface area contributed by atoms with E-state index in [0.29, 0.717) is 32.5 Å². The fraction of sp³-hybridized carbons (Fsp3) is 0.500. The summed E-state index contributed by atoms with van der Waals surface area (Å²) in [5, 5.41) is 2.39. The van der Waals surface area contributed by atoms with Crippen molar-refractivity contribution in [3.05, 3.63) is 29.8 Å². The molecule has 2 N–H and O–H groups in total. The zero-order valence-electron chi connectivity index (χ0n) is 13.0. The average Bonchev–Trinajstić information content (AvgIpc) is 2.52. The first-order valence-corrected chi connectivity index (χ1v) is 7.74. The number of nitrogens with one attached hydrogen (secondary N) is 2. The third-order valence-electron chi connectivity index (χ3n) is 3.93. The lowest BCUT2D eigenvalue weighted by Crippen LogP contribution is -3.14. The SMILES string of the molecule is CCOC(=O)C1CC[NH+](CC(=O)Nc2cc(F)ccc2F)CC1. The number of benzene rings is 1. The summed E-state index contributed by atoms with van der Waals surface area (Å²) in [5.74, 6) is -1.94. The molecule has 0 aliphatic carbocycles. The maximum atomic E-state index is 13.5. The molecule has 1 saturated heterocycles. The molecule has 0 bridgehead atoms. The Balaban J connectivity index is 1.81. The summed E-state index contributed by atoms with van der Waals surface area (Å²) in [4.78, 5) is 24.6. The van der Waals surface area contributed by atoms with Crippen LogP contribution in [0.4, 0.5) is 14.5 Å². The normalized spacial score (nSPS) is 20.8. The van der Waals surface area contributed by atoms with Crippen LogP contribution in [0.25, 0.3) is 0 Å². The lowest BCUT2D eigenvalue weighted by Gasteiger charge is -2.27. The van der Waals surface area contributed by atoms with Crippen LogP contribution in [-0.4, -0.2) is 38.1 Å². The van der Waals surface area contributed by atoms with Gasteiger partial charge in [-0.15, -0.1) is 0 Å². The highest BCUT2D eigenvalue weighted by molar-refractivity contribution is 5.91. The zero-order chi connectivity index (χ0) is 16.8. The molecule has 0 spiro atoms. The molecule has 1 fully saturated rings. The van der Waals surface area contributed by atoms with Gasteiger partial charge in [-0.3, -0.25) is 9.59 Å². The summed E-state index contributed by atoms with van der Waals surface area (Å²) in [6.45, 7) is 3.64. The van der Waals surface area contributed by atoms with E-state index in [1.54, 1.807) is 6.92 Å². The van der Waals surface area contributed by atoms with Gasteiger partial charge >= 0.3 is 5.97 Å². The zero-order valence-corrected chi connectivity index (χ0v) is 13.0. The minimum atomic E-state index is -0.671. The number of quaternary nitrogens is 1. The van der Waals surface area contributed by atoms with Crippen LogP contribution in [0, 0.1) is 17.6 Å². The summed E-state index contributed by atoms with van der Waals surface area (Å²) < 4.78 is 31.5. The largest absolute Gasteiger partial charge is 0.466 e. The number of halogens is 2. The van der Waals surface area contributed by atoms with Crippen molar-refractivity contribution in [2.45, 2.75) is 19.8 Å². The Morgan fingerprint density at radius 2 is 2.00 bits per heavy atom.